The molecule has 0 saturated carbocycles. The molecule has 0 unspecified atom stereocenters. The summed E-state index contributed by atoms with van der Waals surface area (Å²) in [5.74, 6) is 0. The van der Waals surface area contributed by atoms with Gasteiger partial charge in [-0.1, -0.05) is 0 Å². The third-order valence-corrected chi connectivity index (χ3v) is 3.80. The molecule has 0 spiro atoms. The van der Waals surface area contributed by atoms with Crippen LogP contribution in [0.3, 0.4) is 0 Å². The van der Waals surface area contributed by atoms with Crippen LogP contribution in [0.25, 0.3) is 0 Å². The summed E-state index contributed by atoms with van der Waals surface area (Å²) < 4.78 is 22.3. The fraction of sp³-hybridized carbons (Fsp3) is 0.417. The van der Waals surface area contributed by atoms with Crippen molar-refractivity contribution >= 4 is 21.7 Å². The lowest BCUT2D eigenvalue weighted by Gasteiger charge is -2.26. The topological polar surface area (TPSA) is 83.7 Å². The minimum absolute atomic E-state index is 0.0277. The first-order valence-corrected chi connectivity index (χ1v) is 7.51. The van der Waals surface area contributed by atoms with Gasteiger partial charge in [-0.15, -0.1) is 0 Å². The maximum Gasteiger partial charge on any atom is 0.324 e. The lowest BCUT2D eigenvalue weighted by molar-refractivity contribution is 0.211. The number of nitrogens with zero attached hydrogens (tertiary/aromatic N) is 2. The molecule has 0 aliphatic rings. The molecule has 7 heteroatoms. The highest BCUT2D eigenvalue weighted by Gasteiger charge is 2.17. The van der Waals surface area contributed by atoms with Crippen LogP contribution in [0, 0.1) is 0 Å². The van der Waals surface area contributed by atoms with Gasteiger partial charge in [0.1, 0.15) is 0 Å². The van der Waals surface area contributed by atoms with Crippen molar-refractivity contribution in [2.75, 3.05) is 25.0 Å². The Bertz CT molecular complexity index is 536. The number of carbonyl (C=O) groups excluding carboxylic acids is 1. The number of sulfonamides is 1. The number of carbonyl (C=O) groups is 1. The van der Waals surface area contributed by atoms with Crippen LogP contribution in [-0.4, -0.2) is 39.5 Å². The van der Waals surface area contributed by atoms with Gasteiger partial charge in [-0.3, -0.25) is 4.90 Å². The SMILES string of the molecule is CCN(CC)C(=O)N(C)c1ccc(S(N)(=O)=O)cc1. The van der Waals surface area contributed by atoms with Crippen molar-refractivity contribution in [2.24, 2.45) is 5.14 Å². The predicted octanol–water partition coefficient (Wildman–Crippen LogP) is 1.23. The second-order valence-electron chi connectivity index (χ2n) is 4.05. The quantitative estimate of drug-likeness (QED) is 0.903. The minimum Gasteiger partial charge on any atom is -0.325 e. The van der Waals surface area contributed by atoms with Crippen molar-refractivity contribution in [1.29, 1.82) is 0 Å². The van der Waals surface area contributed by atoms with Crippen LogP contribution >= 0.6 is 0 Å². The van der Waals surface area contributed by atoms with E-state index in [2.05, 4.69) is 0 Å². The van der Waals surface area contributed by atoms with Crippen LogP contribution in [0.1, 0.15) is 13.8 Å². The number of hydrogen-bond donors (Lipinski definition) is 1. The van der Waals surface area contributed by atoms with E-state index < -0.39 is 10.0 Å². The Labute approximate surface area is 113 Å². The number of rotatable bonds is 4. The smallest absolute Gasteiger partial charge is 0.324 e. The zero-order valence-electron chi connectivity index (χ0n) is 11.3. The summed E-state index contributed by atoms with van der Waals surface area (Å²) in [6, 6.07) is 5.75. The molecule has 1 aromatic carbocycles. The third-order valence-electron chi connectivity index (χ3n) is 2.87. The fourth-order valence-electron chi connectivity index (χ4n) is 1.68. The van der Waals surface area contributed by atoms with Gasteiger partial charge in [-0.05, 0) is 38.1 Å². The molecule has 0 heterocycles. The van der Waals surface area contributed by atoms with Gasteiger partial charge in [0.15, 0.2) is 0 Å². The summed E-state index contributed by atoms with van der Waals surface area (Å²) >= 11 is 0. The predicted molar refractivity (Wildman–Crippen MR) is 74.5 cm³/mol. The van der Waals surface area contributed by atoms with Crippen LogP contribution in [0.4, 0.5) is 10.5 Å². The van der Waals surface area contributed by atoms with E-state index in [1.54, 1.807) is 24.1 Å². The van der Waals surface area contributed by atoms with Crippen molar-refractivity contribution in [3.63, 3.8) is 0 Å². The fourth-order valence-corrected chi connectivity index (χ4v) is 2.19. The van der Waals surface area contributed by atoms with Crippen molar-refractivity contribution < 1.29 is 13.2 Å². The summed E-state index contributed by atoms with van der Waals surface area (Å²) in [5.41, 5.74) is 0.615. The molecular weight excluding hydrogens is 266 g/mol. The average Bonchev–Trinajstić information content (AvgIpc) is 2.38. The Morgan fingerprint density at radius 3 is 2.00 bits per heavy atom. The molecule has 2 amide bonds. The molecule has 0 aromatic heterocycles. The number of benzene rings is 1. The summed E-state index contributed by atoms with van der Waals surface area (Å²) in [7, 11) is -2.06. The van der Waals surface area contributed by atoms with E-state index in [0.29, 0.717) is 18.8 Å². The van der Waals surface area contributed by atoms with E-state index in [-0.39, 0.29) is 10.9 Å². The monoisotopic (exact) mass is 285 g/mol. The molecule has 0 aliphatic heterocycles. The summed E-state index contributed by atoms with van der Waals surface area (Å²) in [5, 5.41) is 5.02. The van der Waals surface area contributed by atoms with Crippen molar-refractivity contribution in [1.82, 2.24) is 4.90 Å². The number of hydrogen-bond acceptors (Lipinski definition) is 3. The van der Waals surface area contributed by atoms with E-state index in [1.165, 1.54) is 17.0 Å². The molecule has 6 nitrogen and oxygen atoms in total. The van der Waals surface area contributed by atoms with Crippen LogP contribution < -0.4 is 10.0 Å². The molecule has 0 aliphatic carbocycles. The van der Waals surface area contributed by atoms with E-state index in [1.807, 2.05) is 13.8 Å². The Kier molecular flexibility index (Phi) is 4.90. The summed E-state index contributed by atoms with van der Waals surface area (Å²) in [4.78, 5) is 15.3. The molecule has 0 fully saturated rings. The zero-order chi connectivity index (χ0) is 14.6. The molecule has 19 heavy (non-hydrogen) atoms. The lowest BCUT2D eigenvalue weighted by Crippen LogP contribution is -2.41. The molecule has 2 N–H and O–H groups in total. The molecule has 0 radical (unpaired) electrons. The maximum atomic E-state index is 12.1. The maximum absolute atomic E-state index is 12.1. The van der Waals surface area contributed by atoms with E-state index in [9.17, 15) is 13.2 Å². The number of anilines is 1. The number of nitrogens with two attached hydrogens (primary N) is 1. The minimum atomic E-state index is -3.71. The average molecular weight is 285 g/mol. The molecule has 0 atom stereocenters. The molecule has 0 saturated heterocycles. The molecular formula is C12H19N3O3S. The Hall–Kier alpha value is -1.60. The van der Waals surface area contributed by atoms with Gasteiger partial charge in [0.2, 0.25) is 10.0 Å². The molecule has 1 aromatic rings. The highest BCUT2D eigenvalue weighted by atomic mass is 32.2. The summed E-state index contributed by atoms with van der Waals surface area (Å²) in [6.45, 7) is 5.04. The number of primary sulfonamides is 1. The lowest BCUT2D eigenvalue weighted by atomic mass is 10.3. The first-order chi connectivity index (χ1) is 8.81. The number of amides is 2. The standard InChI is InChI=1S/C12H19N3O3S/c1-4-15(5-2)12(16)14(3)10-6-8-11(9-7-10)19(13,17)18/h6-9H,4-5H2,1-3H3,(H2,13,17,18). The highest BCUT2D eigenvalue weighted by Crippen LogP contribution is 2.17. The number of urea groups is 1. The summed E-state index contributed by atoms with van der Waals surface area (Å²) in [6.07, 6.45) is 0. The van der Waals surface area contributed by atoms with Crippen LogP contribution in [0.15, 0.2) is 29.2 Å². The van der Waals surface area contributed by atoms with Crippen LogP contribution in [-0.2, 0) is 10.0 Å². The van der Waals surface area contributed by atoms with Crippen LogP contribution in [0.2, 0.25) is 0 Å². The molecule has 1 rings (SSSR count). The van der Waals surface area contributed by atoms with E-state index in [0.717, 1.165) is 0 Å². The Morgan fingerprint density at radius 2 is 1.63 bits per heavy atom. The second kappa shape index (κ2) is 6.03. The van der Waals surface area contributed by atoms with Crippen molar-refractivity contribution in [3.05, 3.63) is 24.3 Å². The van der Waals surface area contributed by atoms with Gasteiger partial charge in [-0.2, -0.15) is 0 Å². The highest BCUT2D eigenvalue weighted by molar-refractivity contribution is 7.89. The third kappa shape index (κ3) is 3.68. The largest absolute Gasteiger partial charge is 0.325 e. The zero-order valence-corrected chi connectivity index (χ0v) is 12.1. The van der Waals surface area contributed by atoms with Gasteiger partial charge >= 0.3 is 6.03 Å². The first-order valence-electron chi connectivity index (χ1n) is 5.96. The van der Waals surface area contributed by atoms with Crippen molar-refractivity contribution in [3.8, 4) is 0 Å². The second-order valence-corrected chi connectivity index (χ2v) is 5.61. The van der Waals surface area contributed by atoms with Gasteiger partial charge in [0.05, 0.1) is 4.90 Å². The van der Waals surface area contributed by atoms with E-state index >= 15 is 0 Å². The van der Waals surface area contributed by atoms with E-state index in [4.69, 9.17) is 5.14 Å². The first kappa shape index (κ1) is 15.5. The normalized spacial score (nSPS) is 11.2. The Balaban J connectivity index is 2.95. The van der Waals surface area contributed by atoms with Gasteiger partial charge in [0.25, 0.3) is 0 Å². The van der Waals surface area contributed by atoms with Crippen LogP contribution in [0.5, 0.6) is 0 Å². The van der Waals surface area contributed by atoms with Gasteiger partial charge in [-0.25, -0.2) is 18.4 Å². The van der Waals surface area contributed by atoms with Crippen molar-refractivity contribution in [2.45, 2.75) is 18.7 Å². The Morgan fingerprint density at radius 1 is 1.16 bits per heavy atom. The molecule has 106 valence electrons. The van der Waals surface area contributed by atoms with Gasteiger partial charge in [0, 0.05) is 25.8 Å². The van der Waals surface area contributed by atoms with Gasteiger partial charge < -0.3 is 4.90 Å². The molecule has 0 bridgehead atoms.